The molecule has 2 aromatic carbocycles. The van der Waals surface area contributed by atoms with Crippen molar-refractivity contribution in [3.8, 4) is 11.1 Å². The van der Waals surface area contributed by atoms with Gasteiger partial charge in [0.2, 0.25) is 5.91 Å². The average molecular weight is 241 g/mol. The van der Waals surface area contributed by atoms with Gasteiger partial charge in [-0.25, -0.2) is 4.39 Å². The van der Waals surface area contributed by atoms with Crippen molar-refractivity contribution in [3.05, 3.63) is 70.4 Å². The first-order chi connectivity index (χ1) is 8.72. The highest BCUT2D eigenvalue weighted by Gasteiger charge is 2.07. The molecule has 88 valence electrons. The molecule has 0 spiro atoms. The SMILES string of the molecule is [N-]=[N+]=NC(=O)c1cccc(-c2ccccc2F)c1. The Morgan fingerprint density at radius 2 is 1.94 bits per heavy atom. The van der Waals surface area contributed by atoms with E-state index in [1.807, 2.05) is 0 Å². The van der Waals surface area contributed by atoms with E-state index in [-0.39, 0.29) is 11.4 Å². The van der Waals surface area contributed by atoms with E-state index in [9.17, 15) is 9.18 Å². The van der Waals surface area contributed by atoms with Crippen LogP contribution in [0.5, 0.6) is 0 Å². The quantitative estimate of drug-likeness (QED) is 0.446. The molecule has 0 aliphatic heterocycles. The van der Waals surface area contributed by atoms with E-state index in [0.29, 0.717) is 11.1 Å². The minimum atomic E-state index is -0.685. The molecule has 0 N–H and O–H groups in total. The summed E-state index contributed by atoms with van der Waals surface area (Å²) in [7, 11) is 0. The van der Waals surface area contributed by atoms with Crippen LogP contribution in [0.3, 0.4) is 0 Å². The Labute approximate surface area is 102 Å². The molecule has 0 bridgehead atoms. The van der Waals surface area contributed by atoms with Crippen LogP contribution in [0, 0.1) is 5.82 Å². The minimum absolute atomic E-state index is 0.230. The van der Waals surface area contributed by atoms with Crippen LogP contribution in [-0.2, 0) is 0 Å². The third-order valence-corrected chi connectivity index (χ3v) is 2.43. The molecule has 0 aliphatic carbocycles. The number of benzene rings is 2. The first-order valence-corrected chi connectivity index (χ1v) is 5.17. The van der Waals surface area contributed by atoms with Gasteiger partial charge < -0.3 is 0 Å². The molecule has 0 atom stereocenters. The Balaban J connectivity index is 2.48. The van der Waals surface area contributed by atoms with Crippen LogP contribution < -0.4 is 0 Å². The van der Waals surface area contributed by atoms with Crippen molar-refractivity contribution in [2.75, 3.05) is 0 Å². The maximum atomic E-state index is 13.6. The zero-order chi connectivity index (χ0) is 13.0. The van der Waals surface area contributed by atoms with Gasteiger partial charge in [0.15, 0.2) is 0 Å². The highest BCUT2D eigenvalue weighted by Crippen LogP contribution is 2.23. The molecule has 0 aliphatic rings. The standard InChI is InChI=1S/C13H8FN3O/c14-12-7-2-1-6-11(12)9-4-3-5-10(8-9)13(18)16-17-15/h1-8H. The average Bonchev–Trinajstić information content (AvgIpc) is 2.40. The van der Waals surface area contributed by atoms with E-state index >= 15 is 0 Å². The Hall–Kier alpha value is -2.65. The molecule has 2 aromatic rings. The van der Waals surface area contributed by atoms with Crippen molar-refractivity contribution in [1.82, 2.24) is 0 Å². The van der Waals surface area contributed by atoms with Gasteiger partial charge in [-0.3, -0.25) is 4.79 Å². The molecule has 1 amide bonds. The smallest absolute Gasteiger partial charge is 0.249 e. The number of rotatable bonds is 2. The molecule has 0 saturated heterocycles. The van der Waals surface area contributed by atoms with Crippen molar-refractivity contribution in [2.45, 2.75) is 0 Å². The van der Waals surface area contributed by atoms with Gasteiger partial charge in [-0.2, -0.15) is 0 Å². The molecular weight excluding hydrogens is 233 g/mol. The maximum Gasteiger partial charge on any atom is 0.249 e. The van der Waals surface area contributed by atoms with Crippen LogP contribution in [0.2, 0.25) is 0 Å². The zero-order valence-electron chi connectivity index (χ0n) is 9.25. The highest BCUT2D eigenvalue weighted by atomic mass is 19.1. The van der Waals surface area contributed by atoms with Crippen LogP contribution >= 0.6 is 0 Å². The lowest BCUT2D eigenvalue weighted by atomic mass is 10.0. The predicted octanol–water partition coefficient (Wildman–Crippen LogP) is 3.94. The fraction of sp³-hybridized carbons (Fsp3) is 0. The second-order valence-electron chi connectivity index (χ2n) is 3.56. The summed E-state index contributed by atoms with van der Waals surface area (Å²) in [4.78, 5) is 13.8. The van der Waals surface area contributed by atoms with Gasteiger partial charge in [0.05, 0.1) is 0 Å². The van der Waals surface area contributed by atoms with Crippen molar-refractivity contribution >= 4 is 5.91 Å². The number of nitrogens with zero attached hydrogens (tertiary/aromatic N) is 3. The normalized spacial score (nSPS) is 9.61. The molecule has 0 radical (unpaired) electrons. The number of halogens is 1. The van der Waals surface area contributed by atoms with Crippen molar-refractivity contribution in [3.63, 3.8) is 0 Å². The van der Waals surface area contributed by atoms with Crippen LogP contribution in [0.15, 0.2) is 53.6 Å². The van der Waals surface area contributed by atoms with Gasteiger partial charge in [-0.05, 0) is 28.3 Å². The first kappa shape index (κ1) is 11.8. The Morgan fingerprint density at radius 3 is 2.67 bits per heavy atom. The predicted molar refractivity (Wildman–Crippen MR) is 65.3 cm³/mol. The second-order valence-corrected chi connectivity index (χ2v) is 3.56. The third kappa shape index (κ3) is 2.36. The summed E-state index contributed by atoms with van der Waals surface area (Å²) in [5.74, 6) is -1.05. The van der Waals surface area contributed by atoms with Crippen molar-refractivity contribution < 1.29 is 9.18 Å². The summed E-state index contributed by atoms with van der Waals surface area (Å²) < 4.78 is 13.6. The Bertz CT molecular complexity index is 648. The molecule has 2 rings (SSSR count). The number of hydrogen-bond donors (Lipinski definition) is 0. The number of carbonyl (C=O) groups excluding carboxylic acids is 1. The molecule has 0 unspecified atom stereocenters. The van der Waals surface area contributed by atoms with Crippen molar-refractivity contribution in [1.29, 1.82) is 0 Å². The summed E-state index contributed by atoms with van der Waals surface area (Å²) in [6.45, 7) is 0. The van der Waals surface area contributed by atoms with Gasteiger partial charge in [0.1, 0.15) is 5.82 Å². The van der Waals surface area contributed by atoms with E-state index in [2.05, 4.69) is 10.0 Å². The van der Waals surface area contributed by atoms with E-state index in [4.69, 9.17) is 5.53 Å². The number of hydrogen-bond acceptors (Lipinski definition) is 1. The molecule has 18 heavy (non-hydrogen) atoms. The summed E-state index contributed by atoms with van der Waals surface area (Å²) in [6.07, 6.45) is 0. The fourth-order valence-corrected chi connectivity index (χ4v) is 1.61. The third-order valence-electron chi connectivity index (χ3n) is 2.43. The molecule has 4 nitrogen and oxygen atoms in total. The first-order valence-electron chi connectivity index (χ1n) is 5.17. The summed E-state index contributed by atoms with van der Waals surface area (Å²) in [6, 6.07) is 12.6. The van der Waals surface area contributed by atoms with Crippen LogP contribution in [-0.4, -0.2) is 5.91 Å². The molecule has 0 aromatic heterocycles. The topological polar surface area (TPSA) is 65.8 Å². The number of amides is 1. The lowest BCUT2D eigenvalue weighted by molar-refractivity contribution is 0.100. The lowest BCUT2D eigenvalue weighted by Crippen LogP contribution is -1.94. The van der Waals surface area contributed by atoms with E-state index < -0.39 is 5.91 Å². The van der Waals surface area contributed by atoms with E-state index in [1.165, 1.54) is 18.2 Å². The molecule has 0 heterocycles. The summed E-state index contributed by atoms with van der Waals surface area (Å²) in [5.41, 5.74) is 9.39. The second kappa shape index (κ2) is 5.12. The van der Waals surface area contributed by atoms with E-state index in [0.717, 1.165) is 0 Å². The maximum absolute atomic E-state index is 13.6. The van der Waals surface area contributed by atoms with Gasteiger partial charge in [0.25, 0.3) is 0 Å². The van der Waals surface area contributed by atoms with Crippen LogP contribution in [0.25, 0.3) is 21.6 Å². The van der Waals surface area contributed by atoms with Gasteiger partial charge >= 0.3 is 0 Å². The Morgan fingerprint density at radius 1 is 1.17 bits per heavy atom. The largest absolute Gasteiger partial charge is 0.287 e. The summed E-state index contributed by atoms with van der Waals surface area (Å²) >= 11 is 0. The van der Waals surface area contributed by atoms with Crippen molar-refractivity contribution in [2.24, 2.45) is 5.11 Å². The monoisotopic (exact) mass is 241 g/mol. The van der Waals surface area contributed by atoms with Gasteiger partial charge in [-0.1, -0.05) is 36.4 Å². The number of azide groups is 1. The Kier molecular flexibility index (Phi) is 3.36. The van der Waals surface area contributed by atoms with Crippen LogP contribution in [0.4, 0.5) is 4.39 Å². The minimum Gasteiger partial charge on any atom is -0.287 e. The number of carbonyl (C=O) groups is 1. The molecule has 5 heteroatoms. The highest BCUT2D eigenvalue weighted by molar-refractivity contribution is 5.96. The van der Waals surface area contributed by atoms with Gasteiger partial charge in [0, 0.05) is 16.0 Å². The fourth-order valence-electron chi connectivity index (χ4n) is 1.61. The molecular formula is C13H8FN3O. The van der Waals surface area contributed by atoms with E-state index in [1.54, 1.807) is 30.3 Å². The van der Waals surface area contributed by atoms with Crippen LogP contribution in [0.1, 0.15) is 10.4 Å². The zero-order valence-corrected chi connectivity index (χ0v) is 9.25. The van der Waals surface area contributed by atoms with Gasteiger partial charge in [-0.15, -0.1) is 0 Å². The molecule has 0 saturated carbocycles. The lowest BCUT2D eigenvalue weighted by Gasteiger charge is -2.04. The molecule has 0 fully saturated rings. The summed E-state index contributed by atoms with van der Waals surface area (Å²) in [5, 5.41) is 3.00.